The molecule has 0 amide bonds. The van der Waals surface area contributed by atoms with Crippen molar-refractivity contribution in [3.05, 3.63) is 11.5 Å². The van der Waals surface area contributed by atoms with Crippen LogP contribution in [0, 0.1) is 6.92 Å². The number of anilines is 1. The van der Waals surface area contributed by atoms with Gasteiger partial charge in [-0.25, -0.2) is 14.5 Å². The fraction of sp³-hybridized carbons (Fsp3) is 0.636. The zero-order chi connectivity index (χ0) is 17.2. The Balaban J connectivity index is 1.70. The van der Waals surface area contributed by atoms with E-state index in [0.717, 1.165) is 0 Å². The third-order valence-corrected chi connectivity index (χ3v) is 5.07. The van der Waals surface area contributed by atoms with Crippen molar-refractivity contribution in [1.82, 2.24) is 9.55 Å². The lowest BCUT2D eigenvalue weighted by Crippen LogP contribution is -2.39. The number of phosphoric acid groups is 1. The van der Waals surface area contributed by atoms with Crippen LogP contribution in [0.4, 0.5) is 5.82 Å². The van der Waals surface area contributed by atoms with Crippen LogP contribution in [0.2, 0.25) is 0 Å². The van der Waals surface area contributed by atoms with Crippen molar-refractivity contribution in [2.24, 2.45) is 10.7 Å². The predicted molar refractivity (Wildman–Crippen MR) is 77.7 cm³/mol. The molecule has 0 aromatic carbocycles. The Labute approximate surface area is 135 Å². The first-order chi connectivity index (χ1) is 11.3. The molecule has 0 radical (unpaired) electrons. The Morgan fingerprint density at radius 3 is 2.96 bits per heavy atom. The molecule has 0 saturated carbocycles. The maximum Gasteiger partial charge on any atom is 0.472 e. The highest BCUT2D eigenvalue weighted by Crippen LogP contribution is 2.53. The molecule has 3 aliphatic rings. The number of nitrogens with two attached hydrogens (primary N) is 1. The van der Waals surface area contributed by atoms with Crippen molar-refractivity contribution < 1.29 is 33.5 Å². The van der Waals surface area contributed by atoms with Gasteiger partial charge in [-0.2, -0.15) is 0 Å². The Bertz CT molecular complexity index is 766. The number of ether oxygens (including phenoxy) is 1. The number of nitrogens with one attached hydrogen (secondary N) is 1. The van der Waals surface area contributed by atoms with Crippen molar-refractivity contribution in [3.8, 4) is 0 Å². The molecule has 4 heterocycles. The van der Waals surface area contributed by atoms with E-state index in [4.69, 9.17) is 19.5 Å². The highest BCUT2D eigenvalue weighted by Gasteiger charge is 2.53. The van der Waals surface area contributed by atoms with E-state index in [-0.39, 0.29) is 18.3 Å². The number of guanidine groups is 1. The minimum atomic E-state index is -4.21. The number of fused-ring (bicyclic) bond motifs is 2. The van der Waals surface area contributed by atoms with E-state index in [2.05, 4.69) is 15.3 Å². The second kappa shape index (κ2) is 5.23. The third kappa shape index (κ3) is 2.35. The van der Waals surface area contributed by atoms with Gasteiger partial charge < -0.3 is 30.9 Å². The summed E-state index contributed by atoms with van der Waals surface area (Å²) >= 11 is 0. The number of aliphatic imine (C=N–C) groups is 1. The standard InChI is InChI=1S/C11H16N5O7P/c1-3-13-5-8(14-11(12)15-9(5)18)16(3)10-6(17)7-4(22-10)2-21-24(19,20)23-7/h4,6-7,9-10,17-18H,2H2,1H3,(H,19,20)(H3,12,14,15)/t4-,6-,7-,9?,10?/m1/s1. The molecule has 4 rings (SSSR count). The number of aryl methyl sites for hydroxylation is 1. The van der Waals surface area contributed by atoms with E-state index in [9.17, 15) is 19.7 Å². The van der Waals surface area contributed by atoms with Crippen LogP contribution in [0.25, 0.3) is 0 Å². The summed E-state index contributed by atoms with van der Waals surface area (Å²) in [6.07, 6.45) is -5.22. The molecule has 0 bridgehead atoms. The van der Waals surface area contributed by atoms with E-state index >= 15 is 0 Å². The van der Waals surface area contributed by atoms with Crippen LogP contribution < -0.4 is 11.1 Å². The highest BCUT2D eigenvalue weighted by atomic mass is 31.2. The maximum absolute atomic E-state index is 11.5. The molecule has 1 aromatic rings. The monoisotopic (exact) mass is 361 g/mol. The Hall–Kier alpha value is -1.53. The van der Waals surface area contributed by atoms with Gasteiger partial charge in [0.15, 0.2) is 18.4 Å². The second-order valence-electron chi connectivity index (χ2n) is 5.67. The molecular formula is C11H16N5O7P. The summed E-state index contributed by atoms with van der Waals surface area (Å²) in [5.41, 5.74) is 5.86. The number of hydrogen-bond donors (Lipinski definition) is 5. The molecule has 3 unspecified atom stereocenters. The summed E-state index contributed by atoms with van der Waals surface area (Å²) in [5.74, 6) is 0.732. The molecule has 0 spiro atoms. The number of aliphatic hydroxyl groups is 2. The topological polar surface area (TPSA) is 174 Å². The average molecular weight is 361 g/mol. The summed E-state index contributed by atoms with van der Waals surface area (Å²) in [6, 6.07) is 0. The number of rotatable bonds is 1. The van der Waals surface area contributed by atoms with Crippen LogP contribution in [0.5, 0.6) is 0 Å². The lowest BCUT2D eigenvalue weighted by Gasteiger charge is -2.28. The van der Waals surface area contributed by atoms with E-state index in [1.54, 1.807) is 6.92 Å². The number of aliphatic hydroxyl groups excluding tert-OH is 2. The van der Waals surface area contributed by atoms with Gasteiger partial charge in [-0.3, -0.25) is 13.6 Å². The van der Waals surface area contributed by atoms with Gasteiger partial charge in [0.05, 0.1) is 6.61 Å². The number of aromatic nitrogens is 2. The molecule has 1 aromatic heterocycles. The van der Waals surface area contributed by atoms with Gasteiger partial charge >= 0.3 is 7.82 Å². The van der Waals surface area contributed by atoms with Crippen molar-refractivity contribution in [3.63, 3.8) is 0 Å². The van der Waals surface area contributed by atoms with E-state index < -0.39 is 38.6 Å². The Morgan fingerprint density at radius 1 is 1.46 bits per heavy atom. The lowest BCUT2D eigenvalue weighted by atomic mass is 10.1. The van der Waals surface area contributed by atoms with Gasteiger partial charge in [-0.1, -0.05) is 0 Å². The average Bonchev–Trinajstić information content (AvgIpc) is 2.96. The summed E-state index contributed by atoms with van der Waals surface area (Å²) in [5, 5.41) is 23.2. The van der Waals surface area contributed by atoms with E-state index in [1.165, 1.54) is 4.57 Å². The first kappa shape index (κ1) is 16.0. The number of hydrogen-bond acceptors (Lipinski definition) is 10. The predicted octanol–water partition coefficient (Wildman–Crippen LogP) is -1.30. The molecule has 12 nitrogen and oxygen atoms in total. The van der Waals surface area contributed by atoms with Crippen molar-refractivity contribution >= 4 is 19.6 Å². The molecule has 3 aliphatic heterocycles. The van der Waals surface area contributed by atoms with Crippen molar-refractivity contribution in [1.29, 1.82) is 0 Å². The first-order valence-electron chi connectivity index (χ1n) is 7.13. The molecule has 24 heavy (non-hydrogen) atoms. The molecule has 2 saturated heterocycles. The zero-order valence-corrected chi connectivity index (χ0v) is 13.3. The SMILES string of the molecule is Cc1nc2c(n1C1O[C@@H]3COP(=O)(O)O[C@H]3[C@H]1O)NC(N)=NC2O. The number of imidazole rings is 1. The van der Waals surface area contributed by atoms with Crippen LogP contribution in [0.3, 0.4) is 0 Å². The van der Waals surface area contributed by atoms with Gasteiger partial charge in [0, 0.05) is 0 Å². The number of nitrogens with zero attached hydrogens (tertiary/aromatic N) is 3. The molecule has 132 valence electrons. The molecule has 13 heteroatoms. The van der Waals surface area contributed by atoms with Crippen molar-refractivity contribution in [2.45, 2.75) is 37.7 Å². The number of phosphoric ester groups is 1. The van der Waals surface area contributed by atoms with Crippen LogP contribution in [-0.2, 0) is 18.3 Å². The third-order valence-electron chi connectivity index (χ3n) is 4.09. The minimum absolute atomic E-state index is 0.0134. The second-order valence-corrected chi connectivity index (χ2v) is 7.07. The fourth-order valence-corrected chi connectivity index (χ4v) is 4.04. The summed E-state index contributed by atoms with van der Waals surface area (Å²) < 4.78 is 28.4. The summed E-state index contributed by atoms with van der Waals surface area (Å²) in [4.78, 5) is 17.4. The smallest absolute Gasteiger partial charge is 0.386 e. The van der Waals surface area contributed by atoms with Gasteiger partial charge in [0.1, 0.15) is 35.6 Å². The first-order valence-corrected chi connectivity index (χ1v) is 8.63. The van der Waals surface area contributed by atoms with Gasteiger partial charge in [-0.05, 0) is 6.92 Å². The zero-order valence-electron chi connectivity index (χ0n) is 12.4. The molecule has 0 aliphatic carbocycles. The quantitative estimate of drug-likeness (QED) is 0.378. The van der Waals surface area contributed by atoms with Crippen LogP contribution in [0.1, 0.15) is 24.0 Å². The minimum Gasteiger partial charge on any atom is -0.386 e. The van der Waals surface area contributed by atoms with Crippen LogP contribution in [0.15, 0.2) is 4.99 Å². The van der Waals surface area contributed by atoms with Crippen molar-refractivity contribution in [2.75, 3.05) is 11.9 Å². The van der Waals surface area contributed by atoms with Gasteiger partial charge in [0.2, 0.25) is 0 Å². The largest absolute Gasteiger partial charge is 0.472 e. The Kier molecular flexibility index (Phi) is 3.48. The van der Waals surface area contributed by atoms with E-state index in [0.29, 0.717) is 11.6 Å². The normalized spacial score (nSPS) is 41.3. The maximum atomic E-state index is 11.5. The molecule has 6 atom stereocenters. The van der Waals surface area contributed by atoms with Gasteiger partial charge in [-0.15, -0.1) is 0 Å². The lowest BCUT2D eigenvalue weighted by molar-refractivity contribution is -0.0673. The highest BCUT2D eigenvalue weighted by molar-refractivity contribution is 7.47. The fourth-order valence-electron chi connectivity index (χ4n) is 3.08. The molecule has 6 N–H and O–H groups in total. The summed E-state index contributed by atoms with van der Waals surface area (Å²) in [6.45, 7) is 1.46. The van der Waals surface area contributed by atoms with Gasteiger partial charge in [0.25, 0.3) is 0 Å². The van der Waals surface area contributed by atoms with Crippen LogP contribution in [-0.4, -0.2) is 55.5 Å². The van der Waals surface area contributed by atoms with Crippen LogP contribution >= 0.6 is 7.82 Å². The molecule has 2 fully saturated rings. The molecular weight excluding hydrogens is 345 g/mol. The Morgan fingerprint density at radius 2 is 2.21 bits per heavy atom. The summed E-state index contributed by atoms with van der Waals surface area (Å²) in [7, 11) is -4.21. The van der Waals surface area contributed by atoms with E-state index in [1.807, 2.05) is 0 Å².